The number of nitrogens with one attached hydrogen (secondary N) is 2. The summed E-state index contributed by atoms with van der Waals surface area (Å²) < 4.78 is 27.1. The second kappa shape index (κ2) is 8.69. The summed E-state index contributed by atoms with van der Waals surface area (Å²) >= 11 is 0. The lowest BCUT2D eigenvalue weighted by Gasteiger charge is -2.32. The number of amides is 1. The zero-order valence-electron chi connectivity index (χ0n) is 15.3. The third kappa shape index (κ3) is 4.57. The Bertz CT molecular complexity index is 742. The molecule has 26 heavy (non-hydrogen) atoms. The molecule has 0 unspecified atom stereocenters. The van der Waals surface area contributed by atoms with E-state index in [1.807, 2.05) is 19.9 Å². The summed E-state index contributed by atoms with van der Waals surface area (Å²) in [6.45, 7) is 7.33. The number of aryl methyl sites for hydroxylation is 2. The van der Waals surface area contributed by atoms with E-state index in [0.29, 0.717) is 43.3 Å². The van der Waals surface area contributed by atoms with E-state index in [1.54, 1.807) is 12.1 Å². The molecule has 2 saturated heterocycles. The lowest BCUT2D eigenvalue weighted by molar-refractivity contribution is -0.126. The van der Waals surface area contributed by atoms with Crippen LogP contribution < -0.4 is 10.6 Å². The van der Waals surface area contributed by atoms with Gasteiger partial charge in [-0.15, -0.1) is 12.4 Å². The fourth-order valence-corrected chi connectivity index (χ4v) is 4.82. The lowest BCUT2D eigenvalue weighted by Crippen LogP contribution is -2.50. The molecule has 0 atom stereocenters. The van der Waals surface area contributed by atoms with Crippen molar-refractivity contribution in [3.63, 3.8) is 0 Å². The zero-order valence-corrected chi connectivity index (χ0v) is 17.0. The fourth-order valence-electron chi connectivity index (χ4n) is 3.26. The Morgan fingerprint density at radius 1 is 1.19 bits per heavy atom. The van der Waals surface area contributed by atoms with Gasteiger partial charge in [0.15, 0.2) is 0 Å². The van der Waals surface area contributed by atoms with E-state index in [0.717, 1.165) is 24.2 Å². The second-order valence-corrected chi connectivity index (χ2v) is 9.13. The van der Waals surface area contributed by atoms with Crippen LogP contribution in [0.4, 0.5) is 0 Å². The van der Waals surface area contributed by atoms with Crippen molar-refractivity contribution in [3.05, 3.63) is 29.3 Å². The van der Waals surface area contributed by atoms with Crippen LogP contribution in [0.15, 0.2) is 23.1 Å². The Hall–Kier alpha value is -1.15. The van der Waals surface area contributed by atoms with E-state index < -0.39 is 10.0 Å². The van der Waals surface area contributed by atoms with Gasteiger partial charge in [-0.3, -0.25) is 4.79 Å². The second-order valence-electron chi connectivity index (χ2n) is 7.19. The van der Waals surface area contributed by atoms with Crippen LogP contribution in [0.2, 0.25) is 0 Å². The number of hydrogen-bond donors (Lipinski definition) is 2. The number of rotatable bonds is 5. The van der Waals surface area contributed by atoms with Gasteiger partial charge in [-0.25, -0.2) is 8.42 Å². The highest BCUT2D eigenvalue weighted by molar-refractivity contribution is 7.89. The Kier molecular flexibility index (Phi) is 7.07. The third-order valence-corrected chi connectivity index (χ3v) is 7.27. The van der Waals surface area contributed by atoms with Gasteiger partial charge in [0.05, 0.1) is 4.90 Å². The molecular formula is C18H28ClN3O3S. The molecule has 1 amide bonds. The highest BCUT2D eigenvalue weighted by Gasteiger charge is 2.32. The first-order valence-corrected chi connectivity index (χ1v) is 10.4. The number of nitrogens with zero attached hydrogens (tertiary/aromatic N) is 1. The molecule has 2 N–H and O–H groups in total. The summed E-state index contributed by atoms with van der Waals surface area (Å²) in [6.07, 6.45) is 1.16. The molecule has 0 aromatic heterocycles. The lowest BCUT2D eigenvalue weighted by atomic mass is 9.96. The van der Waals surface area contributed by atoms with E-state index in [2.05, 4.69) is 10.6 Å². The first-order chi connectivity index (χ1) is 11.9. The minimum absolute atomic E-state index is 0. The molecular weight excluding hydrogens is 374 g/mol. The maximum absolute atomic E-state index is 12.8. The van der Waals surface area contributed by atoms with E-state index in [-0.39, 0.29) is 24.2 Å². The summed E-state index contributed by atoms with van der Waals surface area (Å²) in [5.41, 5.74) is 2.05. The van der Waals surface area contributed by atoms with Crippen LogP contribution in [0, 0.1) is 25.7 Å². The van der Waals surface area contributed by atoms with Gasteiger partial charge in [0.1, 0.15) is 0 Å². The van der Waals surface area contributed by atoms with E-state index >= 15 is 0 Å². The zero-order chi connectivity index (χ0) is 18.0. The van der Waals surface area contributed by atoms with Crippen molar-refractivity contribution in [2.24, 2.45) is 11.8 Å². The average Bonchev–Trinajstić information content (AvgIpc) is 2.55. The maximum Gasteiger partial charge on any atom is 0.243 e. The van der Waals surface area contributed by atoms with Crippen LogP contribution in [0.25, 0.3) is 0 Å². The van der Waals surface area contributed by atoms with Crippen LogP contribution in [0.5, 0.6) is 0 Å². The van der Waals surface area contributed by atoms with Crippen LogP contribution in [0.1, 0.15) is 24.0 Å². The van der Waals surface area contributed by atoms with E-state index in [9.17, 15) is 13.2 Å². The predicted octanol–water partition coefficient (Wildman–Crippen LogP) is 1.46. The van der Waals surface area contributed by atoms with Gasteiger partial charge >= 0.3 is 0 Å². The molecule has 0 spiro atoms. The third-order valence-electron chi connectivity index (χ3n) is 5.37. The van der Waals surface area contributed by atoms with Gasteiger partial charge in [0.25, 0.3) is 0 Å². The Morgan fingerprint density at radius 2 is 1.85 bits per heavy atom. The van der Waals surface area contributed by atoms with Crippen molar-refractivity contribution in [1.82, 2.24) is 14.9 Å². The maximum atomic E-state index is 12.8. The van der Waals surface area contributed by atoms with Gasteiger partial charge in [-0.2, -0.15) is 4.31 Å². The number of carbonyl (C=O) groups is 1. The number of benzene rings is 1. The SMILES string of the molecule is Cc1ccc(S(=O)(=O)N2CCC(C(=O)NCC3CNC3)CC2)cc1C.Cl. The molecule has 2 fully saturated rings. The fraction of sp³-hybridized carbons (Fsp3) is 0.611. The molecule has 3 rings (SSSR count). The van der Waals surface area contributed by atoms with Crippen LogP contribution in [-0.4, -0.2) is 51.4 Å². The summed E-state index contributed by atoms with van der Waals surface area (Å²) in [4.78, 5) is 12.6. The highest BCUT2D eigenvalue weighted by atomic mass is 35.5. The van der Waals surface area contributed by atoms with Crippen molar-refractivity contribution in [2.75, 3.05) is 32.7 Å². The smallest absolute Gasteiger partial charge is 0.243 e. The Balaban J connectivity index is 0.00000243. The van der Waals surface area contributed by atoms with Crippen molar-refractivity contribution in [3.8, 4) is 0 Å². The summed E-state index contributed by atoms with van der Waals surface area (Å²) in [7, 11) is -3.48. The molecule has 1 aromatic carbocycles. The van der Waals surface area contributed by atoms with Crippen molar-refractivity contribution >= 4 is 28.3 Å². The van der Waals surface area contributed by atoms with Crippen molar-refractivity contribution in [1.29, 1.82) is 0 Å². The topological polar surface area (TPSA) is 78.5 Å². The van der Waals surface area contributed by atoms with Gasteiger partial charge in [-0.1, -0.05) is 6.07 Å². The van der Waals surface area contributed by atoms with Crippen LogP contribution in [0.3, 0.4) is 0 Å². The average molecular weight is 402 g/mol. The summed E-state index contributed by atoms with van der Waals surface area (Å²) in [5, 5.41) is 6.19. The summed E-state index contributed by atoms with van der Waals surface area (Å²) in [6, 6.07) is 5.25. The predicted molar refractivity (Wildman–Crippen MR) is 104 cm³/mol. The molecule has 0 saturated carbocycles. The number of carbonyl (C=O) groups excluding carboxylic acids is 1. The normalized spacial score (nSPS) is 19.5. The monoisotopic (exact) mass is 401 g/mol. The Labute approximate surface area is 162 Å². The first-order valence-electron chi connectivity index (χ1n) is 8.94. The molecule has 146 valence electrons. The minimum Gasteiger partial charge on any atom is -0.355 e. The minimum atomic E-state index is -3.48. The molecule has 0 bridgehead atoms. The highest BCUT2D eigenvalue weighted by Crippen LogP contribution is 2.25. The molecule has 8 heteroatoms. The number of piperidine rings is 1. The number of halogens is 1. The molecule has 1 aromatic rings. The van der Waals surface area contributed by atoms with Crippen molar-refractivity contribution < 1.29 is 13.2 Å². The first kappa shape index (κ1) is 21.2. The summed E-state index contributed by atoms with van der Waals surface area (Å²) in [5.74, 6) is 0.517. The van der Waals surface area contributed by atoms with Crippen LogP contribution >= 0.6 is 12.4 Å². The van der Waals surface area contributed by atoms with Gasteiger partial charge in [-0.05, 0) is 49.9 Å². The van der Waals surface area contributed by atoms with Crippen LogP contribution in [-0.2, 0) is 14.8 Å². The molecule has 2 aliphatic heterocycles. The Morgan fingerprint density at radius 3 is 2.38 bits per heavy atom. The van der Waals surface area contributed by atoms with Gasteiger partial charge < -0.3 is 10.6 Å². The van der Waals surface area contributed by atoms with Crippen molar-refractivity contribution in [2.45, 2.75) is 31.6 Å². The quantitative estimate of drug-likeness (QED) is 0.783. The van der Waals surface area contributed by atoms with E-state index in [1.165, 1.54) is 4.31 Å². The van der Waals surface area contributed by atoms with Gasteiger partial charge in [0, 0.05) is 44.6 Å². The molecule has 2 heterocycles. The van der Waals surface area contributed by atoms with E-state index in [4.69, 9.17) is 0 Å². The molecule has 6 nitrogen and oxygen atoms in total. The standard InChI is InChI=1S/C18H27N3O3S.ClH/c1-13-3-4-17(9-14(13)2)25(23,24)21-7-5-16(6-8-21)18(22)20-12-15-10-19-11-15;/h3-4,9,15-16,19H,5-8,10-12H2,1-2H3,(H,20,22);1H. The molecule has 2 aliphatic rings. The van der Waals surface area contributed by atoms with Gasteiger partial charge in [0.2, 0.25) is 15.9 Å². The number of hydrogen-bond acceptors (Lipinski definition) is 4. The molecule has 0 radical (unpaired) electrons. The number of sulfonamides is 1. The largest absolute Gasteiger partial charge is 0.355 e. The molecule has 0 aliphatic carbocycles.